The molecular formula is C13H26N2O2. The molecular weight excluding hydrogens is 216 g/mol. The Hall–Kier alpha value is -0.610. The van der Waals surface area contributed by atoms with Crippen LogP contribution < -0.4 is 11.1 Å². The minimum absolute atomic E-state index is 0.0298. The average molecular weight is 242 g/mol. The molecule has 3 N–H and O–H groups in total. The van der Waals surface area contributed by atoms with Crippen LogP contribution in [0.3, 0.4) is 0 Å². The van der Waals surface area contributed by atoms with Crippen molar-refractivity contribution in [1.29, 1.82) is 0 Å². The number of nitrogens with two attached hydrogens (primary N) is 1. The second-order valence-electron chi connectivity index (χ2n) is 5.12. The van der Waals surface area contributed by atoms with Crippen molar-refractivity contribution in [3.8, 4) is 0 Å². The van der Waals surface area contributed by atoms with Gasteiger partial charge in [-0.2, -0.15) is 0 Å². The molecule has 4 nitrogen and oxygen atoms in total. The van der Waals surface area contributed by atoms with Crippen LogP contribution in [0, 0.1) is 0 Å². The number of unbranched alkanes of at least 4 members (excludes halogenated alkanes) is 1. The van der Waals surface area contributed by atoms with E-state index in [1.54, 1.807) is 0 Å². The maximum atomic E-state index is 11.4. The highest BCUT2D eigenvalue weighted by molar-refractivity contribution is 5.77. The number of carbonyl (C=O) groups excluding carboxylic acids is 1. The molecule has 1 rings (SSSR count). The quantitative estimate of drug-likeness (QED) is 0.666. The summed E-state index contributed by atoms with van der Waals surface area (Å²) >= 11 is 0. The SMILES string of the molecule is CCCCNC(=O)COCC1(N)CCCCC1. The second-order valence-corrected chi connectivity index (χ2v) is 5.12. The predicted molar refractivity (Wildman–Crippen MR) is 68.7 cm³/mol. The zero-order chi connectivity index (χ0) is 12.6. The van der Waals surface area contributed by atoms with Crippen molar-refractivity contribution in [2.24, 2.45) is 5.73 Å². The number of nitrogens with one attached hydrogen (secondary N) is 1. The summed E-state index contributed by atoms with van der Waals surface area (Å²) in [4.78, 5) is 11.4. The first-order valence-corrected chi connectivity index (χ1v) is 6.80. The summed E-state index contributed by atoms with van der Waals surface area (Å²) in [5.41, 5.74) is 6.02. The van der Waals surface area contributed by atoms with E-state index in [0.717, 1.165) is 32.2 Å². The molecule has 1 saturated carbocycles. The third kappa shape index (κ3) is 6.03. The van der Waals surface area contributed by atoms with Gasteiger partial charge in [0.1, 0.15) is 6.61 Å². The smallest absolute Gasteiger partial charge is 0.245 e. The number of amides is 1. The molecule has 1 fully saturated rings. The first kappa shape index (κ1) is 14.5. The van der Waals surface area contributed by atoms with Crippen LogP contribution in [-0.2, 0) is 9.53 Å². The minimum Gasteiger partial charge on any atom is -0.370 e. The predicted octanol–water partition coefficient (Wildman–Crippen LogP) is 1.58. The number of ether oxygens (including phenoxy) is 1. The van der Waals surface area contributed by atoms with Crippen molar-refractivity contribution in [3.63, 3.8) is 0 Å². The third-order valence-corrected chi connectivity index (χ3v) is 3.32. The van der Waals surface area contributed by atoms with Gasteiger partial charge in [-0.1, -0.05) is 32.6 Å². The molecule has 0 aliphatic heterocycles. The van der Waals surface area contributed by atoms with Crippen molar-refractivity contribution >= 4 is 5.91 Å². The van der Waals surface area contributed by atoms with Crippen molar-refractivity contribution in [2.45, 2.75) is 57.4 Å². The van der Waals surface area contributed by atoms with Crippen LogP contribution in [0.1, 0.15) is 51.9 Å². The topological polar surface area (TPSA) is 64.3 Å². The van der Waals surface area contributed by atoms with Crippen LogP contribution in [0.4, 0.5) is 0 Å². The molecule has 0 unspecified atom stereocenters. The molecule has 0 radical (unpaired) electrons. The third-order valence-electron chi connectivity index (χ3n) is 3.32. The van der Waals surface area contributed by atoms with Crippen LogP contribution >= 0.6 is 0 Å². The molecule has 0 bridgehead atoms. The van der Waals surface area contributed by atoms with E-state index >= 15 is 0 Å². The molecule has 17 heavy (non-hydrogen) atoms. The molecule has 0 aromatic carbocycles. The van der Waals surface area contributed by atoms with Crippen molar-refractivity contribution < 1.29 is 9.53 Å². The lowest BCUT2D eigenvalue weighted by molar-refractivity contribution is -0.126. The number of carbonyl (C=O) groups is 1. The first-order chi connectivity index (χ1) is 8.16. The van der Waals surface area contributed by atoms with Gasteiger partial charge in [-0.15, -0.1) is 0 Å². The number of hydrogen-bond donors (Lipinski definition) is 2. The van der Waals surface area contributed by atoms with E-state index in [9.17, 15) is 4.79 Å². The number of rotatable bonds is 7. The summed E-state index contributed by atoms with van der Waals surface area (Å²) in [6, 6.07) is 0. The van der Waals surface area contributed by atoms with Crippen LogP contribution in [0.25, 0.3) is 0 Å². The lowest BCUT2D eigenvalue weighted by atomic mass is 9.83. The fourth-order valence-electron chi connectivity index (χ4n) is 2.20. The summed E-state index contributed by atoms with van der Waals surface area (Å²) < 4.78 is 5.43. The molecule has 1 aliphatic rings. The highest BCUT2D eigenvalue weighted by atomic mass is 16.5. The zero-order valence-electron chi connectivity index (χ0n) is 11.0. The highest BCUT2D eigenvalue weighted by Gasteiger charge is 2.27. The Morgan fingerprint density at radius 2 is 2.06 bits per heavy atom. The van der Waals surface area contributed by atoms with Crippen molar-refractivity contribution in [2.75, 3.05) is 19.8 Å². The Kier molecular flexibility index (Phi) is 6.52. The van der Waals surface area contributed by atoms with E-state index in [2.05, 4.69) is 12.2 Å². The van der Waals surface area contributed by atoms with Gasteiger partial charge in [0.05, 0.1) is 6.61 Å². The molecule has 0 atom stereocenters. The normalized spacial score (nSPS) is 18.9. The van der Waals surface area contributed by atoms with Crippen LogP contribution in [0.2, 0.25) is 0 Å². The maximum Gasteiger partial charge on any atom is 0.245 e. The van der Waals surface area contributed by atoms with Gasteiger partial charge in [-0.25, -0.2) is 0 Å². The molecule has 0 saturated heterocycles. The molecule has 0 heterocycles. The second kappa shape index (κ2) is 7.67. The van der Waals surface area contributed by atoms with E-state index in [1.165, 1.54) is 19.3 Å². The fraction of sp³-hybridized carbons (Fsp3) is 0.923. The average Bonchev–Trinajstić information content (AvgIpc) is 2.30. The van der Waals surface area contributed by atoms with E-state index < -0.39 is 0 Å². The van der Waals surface area contributed by atoms with Crippen LogP contribution in [0.5, 0.6) is 0 Å². The standard InChI is InChI=1S/C13H26N2O2/c1-2-3-9-15-12(16)10-17-11-13(14)7-5-4-6-8-13/h2-11,14H2,1H3,(H,15,16). The van der Waals surface area contributed by atoms with Gasteiger partial charge in [-0.3, -0.25) is 4.79 Å². The molecule has 0 spiro atoms. The summed E-state index contributed by atoms with van der Waals surface area (Å²) in [6.45, 7) is 3.49. The van der Waals surface area contributed by atoms with Crippen LogP contribution in [-0.4, -0.2) is 31.2 Å². The van der Waals surface area contributed by atoms with E-state index in [0.29, 0.717) is 6.61 Å². The molecule has 0 aromatic rings. The van der Waals surface area contributed by atoms with E-state index in [1.807, 2.05) is 0 Å². The Morgan fingerprint density at radius 1 is 1.35 bits per heavy atom. The Bertz CT molecular complexity index is 225. The Balaban J connectivity index is 2.07. The molecule has 1 amide bonds. The van der Waals surface area contributed by atoms with Gasteiger partial charge < -0.3 is 15.8 Å². The van der Waals surface area contributed by atoms with Crippen LogP contribution in [0.15, 0.2) is 0 Å². The van der Waals surface area contributed by atoms with E-state index in [4.69, 9.17) is 10.5 Å². The molecule has 0 aromatic heterocycles. The number of hydrogen-bond acceptors (Lipinski definition) is 3. The molecule has 1 aliphatic carbocycles. The lowest BCUT2D eigenvalue weighted by Crippen LogP contribution is -2.46. The fourth-order valence-corrected chi connectivity index (χ4v) is 2.20. The van der Waals surface area contributed by atoms with E-state index in [-0.39, 0.29) is 18.1 Å². The van der Waals surface area contributed by atoms with Gasteiger partial charge in [0.25, 0.3) is 0 Å². The summed E-state index contributed by atoms with van der Waals surface area (Å²) in [7, 11) is 0. The largest absolute Gasteiger partial charge is 0.370 e. The maximum absolute atomic E-state index is 11.4. The van der Waals surface area contributed by atoms with Crippen molar-refractivity contribution in [1.82, 2.24) is 5.32 Å². The van der Waals surface area contributed by atoms with Gasteiger partial charge in [0.2, 0.25) is 5.91 Å². The summed E-state index contributed by atoms with van der Waals surface area (Å²) in [5, 5.41) is 2.83. The lowest BCUT2D eigenvalue weighted by Gasteiger charge is -2.32. The Labute approximate surface area is 104 Å². The van der Waals surface area contributed by atoms with Crippen molar-refractivity contribution in [3.05, 3.63) is 0 Å². The van der Waals surface area contributed by atoms with Gasteiger partial charge >= 0.3 is 0 Å². The summed E-state index contributed by atoms with van der Waals surface area (Å²) in [6.07, 6.45) is 7.79. The van der Waals surface area contributed by atoms with Gasteiger partial charge in [0, 0.05) is 12.1 Å². The van der Waals surface area contributed by atoms with Gasteiger partial charge in [0.15, 0.2) is 0 Å². The minimum atomic E-state index is -0.193. The monoisotopic (exact) mass is 242 g/mol. The molecule has 4 heteroatoms. The Morgan fingerprint density at radius 3 is 2.71 bits per heavy atom. The molecule has 100 valence electrons. The zero-order valence-corrected chi connectivity index (χ0v) is 11.0. The summed E-state index contributed by atoms with van der Waals surface area (Å²) in [5.74, 6) is -0.0298. The first-order valence-electron chi connectivity index (χ1n) is 6.80. The van der Waals surface area contributed by atoms with Gasteiger partial charge in [-0.05, 0) is 19.3 Å². The highest BCUT2D eigenvalue weighted by Crippen LogP contribution is 2.25.